The van der Waals surface area contributed by atoms with Gasteiger partial charge in [0.15, 0.2) is 6.61 Å². The smallest absolute Gasteiger partial charge is 0.265 e. The van der Waals surface area contributed by atoms with E-state index < -0.39 is 0 Å². The van der Waals surface area contributed by atoms with Crippen LogP contribution in [-0.2, 0) is 4.79 Å². The van der Waals surface area contributed by atoms with Gasteiger partial charge in [-0.3, -0.25) is 14.6 Å². The lowest BCUT2D eigenvalue weighted by atomic mass is 10.2. The first kappa shape index (κ1) is 16.9. The van der Waals surface area contributed by atoms with Crippen molar-refractivity contribution >= 4 is 23.2 Å². The van der Waals surface area contributed by atoms with Crippen LogP contribution in [0, 0.1) is 0 Å². The predicted molar refractivity (Wildman–Crippen MR) is 95.0 cm³/mol. The van der Waals surface area contributed by atoms with Gasteiger partial charge in [0, 0.05) is 36.7 Å². The Hall–Kier alpha value is -2.93. The summed E-state index contributed by atoms with van der Waals surface area (Å²) in [6.45, 7) is 1.33. The van der Waals surface area contributed by atoms with Crippen molar-refractivity contribution in [2.75, 3.05) is 44.0 Å². The van der Waals surface area contributed by atoms with E-state index in [0.717, 1.165) is 6.54 Å². The highest BCUT2D eigenvalue weighted by Gasteiger charge is 2.25. The molecule has 0 fully saturated rings. The van der Waals surface area contributed by atoms with Gasteiger partial charge in [-0.15, -0.1) is 0 Å². The molecule has 0 bridgehead atoms. The number of ether oxygens (including phenoxy) is 1. The molecule has 3 rings (SSSR count). The van der Waals surface area contributed by atoms with Crippen molar-refractivity contribution in [1.29, 1.82) is 0 Å². The molecular formula is C18H20N4O3. The number of nitrogens with zero attached hydrogens (tertiary/aromatic N) is 3. The second-order valence-corrected chi connectivity index (χ2v) is 6.01. The van der Waals surface area contributed by atoms with Crippen LogP contribution in [0.15, 0.2) is 42.7 Å². The third-order valence-electron chi connectivity index (χ3n) is 3.87. The van der Waals surface area contributed by atoms with Crippen LogP contribution >= 0.6 is 0 Å². The lowest BCUT2D eigenvalue weighted by molar-refractivity contribution is -0.121. The Morgan fingerprint density at radius 2 is 2.04 bits per heavy atom. The summed E-state index contributed by atoms with van der Waals surface area (Å²) in [5.41, 5.74) is 1.80. The maximum absolute atomic E-state index is 12.3. The van der Waals surface area contributed by atoms with Crippen molar-refractivity contribution in [3.63, 3.8) is 0 Å². The summed E-state index contributed by atoms with van der Waals surface area (Å²) >= 11 is 0. The lowest BCUT2D eigenvalue weighted by Gasteiger charge is -2.30. The van der Waals surface area contributed by atoms with Crippen molar-refractivity contribution in [3.05, 3.63) is 48.3 Å². The van der Waals surface area contributed by atoms with Gasteiger partial charge in [-0.05, 0) is 44.4 Å². The number of amides is 2. The molecule has 0 radical (unpaired) electrons. The van der Waals surface area contributed by atoms with Crippen LogP contribution in [0.3, 0.4) is 0 Å². The molecule has 1 aromatic carbocycles. The van der Waals surface area contributed by atoms with Crippen molar-refractivity contribution in [2.24, 2.45) is 0 Å². The van der Waals surface area contributed by atoms with Crippen LogP contribution in [0.1, 0.15) is 10.4 Å². The Morgan fingerprint density at radius 3 is 2.76 bits per heavy atom. The van der Waals surface area contributed by atoms with Crippen LogP contribution in [0.5, 0.6) is 5.75 Å². The molecule has 0 unspecified atom stereocenters. The molecule has 0 spiro atoms. The molecule has 0 saturated heterocycles. The minimum absolute atomic E-state index is 0.0309. The molecule has 2 amide bonds. The highest BCUT2D eigenvalue weighted by molar-refractivity contribution is 6.05. The topological polar surface area (TPSA) is 74.8 Å². The maximum atomic E-state index is 12.3. The van der Waals surface area contributed by atoms with Crippen LogP contribution in [0.25, 0.3) is 0 Å². The Labute approximate surface area is 146 Å². The number of likely N-dealkylation sites (N-methyl/N-ethyl adjacent to an activating group) is 1. The number of hydrogen-bond donors (Lipinski definition) is 1. The number of anilines is 2. The molecule has 0 aliphatic carbocycles. The van der Waals surface area contributed by atoms with Crippen molar-refractivity contribution in [2.45, 2.75) is 0 Å². The van der Waals surface area contributed by atoms with Crippen LogP contribution in [0.4, 0.5) is 11.4 Å². The minimum Gasteiger partial charge on any atom is -0.482 e. The third kappa shape index (κ3) is 3.95. The largest absolute Gasteiger partial charge is 0.482 e. The zero-order valence-corrected chi connectivity index (χ0v) is 14.2. The van der Waals surface area contributed by atoms with Crippen molar-refractivity contribution in [3.8, 4) is 5.75 Å². The lowest BCUT2D eigenvalue weighted by Crippen LogP contribution is -2.42. The van der Waals surface area contributed by atoms with E-state index in [1.807, 2.05) is 19.0 Å². The van der Waals surface area contributed by atoms with Crippen molar-refractivity contribution in [1.82, 2.24) is 9.88 Å². The molecular weight excluding hydrogens is 320 g/mol. The van der Waals surface area contributed by atoms with E-state index in [-0.39, 0.29) is 18.4 Å². The number of hydrogen-bond acceptors (Lipinski definition) is 5. The zero-order chi connectivity index (χ0) is 17.8. The number of carbonyl (C=O) groups excluding carboxylic acids is 2. The summed E-state index contributed by atoms with van der Waals surface area (Å²) in [5.74, 6) is 0.317. The number of benzene rings is 1. The molecule has 7 nitrogen and oxygen atoms in total. The van der Waals surface area contributed by atoms with Gasteiger partial charge in [-0.25, -0.2) is 0 Å². The predicted octanol–water partition coefficient (Wildman–Crippen LogP) is 1.62. The average molecular weight is 340 g/mol. The molecule has 7 heteroatoms. The van der Waals surface area contributed by atoms with Gasteiger partial charge in [-0.2, -0.15) is 0 Å². The van der Waals surface area contributed by atoms with E-state index in [0.29, 0.717) is 29.2 Å². The van der Waals surface area contributed by atoms with Crippen molar-refractivity contribution < 1.29 is 14.3 Å². The molecule has 2 heterocycles. The highest BCUT2D eigenvalue weighted by Crippen LogP contribution is 2.34. The first-order valence-electron chi connectivity index (χ1n) is 7.98. The van der Waals surface area contributed by atoms with Crippen LogP contribution in [0.2, 0.25) is 0 Å². The first-order valence-corrected chi connectivity index (χ1v) is 7.98. The zero-order valence-electron chi connectivity index (χ0n) is 14.2. The number of fused-ring (bicyclic) bond motifs is 1. The van der Waals surface area contributed by atoms with E-state index in [2.05, 4.69) is 10.3 Å². The third-order valence-corrected chi connectivity index (χ3v) is 3.87. The molecule has 1 aliphatic rings. The maximum Gasteiger partial charge on any atom is 0.265 e. The Balaban J connectivity index is 1.82. The molecule has 0 saturated carbocycles. The number of aromatic nitrogens is 1. The fraction of sp³-hybridized carbons (Fsp3) is 0.278. The Kier molecular flexibility index (Phi) is 4.95. The fourth-order valence-electron chi connectivity index (χ4n) is 2.53. The van der Waals surface area contributed by atoms with Gasteiger partial charge in [0.1, 0.15) is 5.75 Å². The highest BCUT2D eigenvalue weighted by atomic mass is 16.5. The number of nitrogens with one attached hydrogen (secondary N) is 1. The number of pyridine rings is 1. The SMILES string of the molecule is CN(C)CCN1C(=O)COc2ccc(NC(=O)c3ccncc3)cc21. The Morgan fingerprint density at radius 1 is 1.28 bits per heavy atom. The summed E-state index contributed by atoms with van der Waals surface area (Å²) in [5, 5.41) is 2.84. The minimum atomic E-state index is -0.231. The normalized spacial score (nSPS) is 13.4. The van der Waals surface area contributed by atoms with Crippen LogP contribution < -0.4 is 15.0 Å². The standard InChI is InChI=1S/C18H20N4O3/c1-21(2)9-10-22-15-11-14(3-4-16(15)25-12-17(22)23)20-18(24)13-5-7-19-8-6-13/h3-8,11H,9-10,12H2,1-2H3,(H,20,24). The summed E-state index contributed by atoms with van der Waals surface area (Å²) in [6, 6.07) is 8.58. The quantitative estimate of drug-likeness (QED) is 0.895. The number of rotatable bonds is 5. The van der Waals surface area contributed by atoms with Gasteiger partial charge < -0.3 is 19.9 Å². The van der Waals surface area contributed by atoms with Gasteiger partial charge in [0.05, 0.1) is 5.69 Å². The molecule has 1 aliphatic heterocycles. The first-order chi connectivity index (χ1) is 12.0. The molecule has 25 heavy (non-hydrogen) atoms. The van der Waals surface area contributed by atoms with Gasteiger partial charge in [0.2, 0.25) is 0 Å². The second-order valence-electron chi connectivity index (χ2n) is 6.01. The fourth-order valence-corrected chi connectivity index (χ4v) is 2.53. The number of carbonyl (C=O) groups is 2. The van der Waals surface area contributed by atoms with Gasteiger partial charge in [0.25, 0.3) is 11.8 Å². The van der Waals surface area contributed by atoms with E-state index >= 15 is 0 Å². The van der Waals surface area contributed by atoms with Gasteiger partial charge in [-0.1, -0.05) is 0 Å². The summed E-state index contributed by atoms with van der Waals surface area (Å²) in [7, 11) is 3.91. The summed E-state index contributed by atoms with van der Waals surface area (Å²) in [4.78, 5) is 32.1. The van der Waals surface area contributed by atoms with E-state index in [4.69, 9.17) is 4.74 Å². The molecule has 1 aromatic heterocycles. The molecule has 0 atom stereocenters. The summed E-state index contributed by atoms with van der Waals surface area (Å²) < 4.78 is 5.49. The van der Waals surface area contributed by atoms with E-state index in [1.54, 1.807) is 47.6 Å². The summed E-state index contributed by atoms with van der Waals surface area (Å²) in [6.07, 6.45) is 3.13. The monoisotopic (exact) mass is 340 g/mol. The molecule has 1 N–H and O–H groups in total. The Bertz CT molecular complexity index is 777. The van der Waals surface area contributed by atoms with Crippen LogP contribution in [-0.4, -0.2) is 55.5 Å². The van der Waals surface area contributed by atoms with Gasteiger partial charge >= 0.3 is 0 Å². The molecule has 130 valence electrons. The molecule has 2 aromatic rings. The second kappa shape index (κ2) is 7.31. The van der Waals surface area contributed by atoms with E-state index in [9.17, 15) is 9.59 Å². The van der Waals surface area contributed by atoms with E-state index in [1.165, 1.54) is 0 Å². The average Bonchev–Trinajstić information content (AvgIpc) is 2.61.